The standard InChI is InChI=1S/C15H10ClN5O2/c16-9-2-1-3-10-12(9)14(22)18-6-11-13(19-8-21(10)11)15(23)20-5-4-17-7-20/h1-5,7-8H,6H2,(H,18,22). The Morgan fingerprint density at radius 2 is 2.17 bits per heavy atom. The fraction of sp³-hybridized carbons (Fsp3) is 0.0667. The van der Waals surface area contributed by atoms with Gasteiger partial charge in [-0.3, -0.25) is 18.7 Å². The molecule has 23 heavy (non-hydrogen) atoms. The van der Waals surface area contributed by atoms with E-state index in [0.717, 1.165) is 0 Å². The number of benzene rings is 1. The number of halogens is 1. The minimum Gasteiger partial charge on any atom is -0.346 e. The molecule has 8 heteroatoms. The van der Waals surface area contributed by atoms with E-state index in [2.05, 4.69) is 15.3 Å². The largest absolute Gasteiger partial charge is 0.346 e. The molecule has 0 saturated carbocycles. The number of hydrogen-bond acceptors (Lipinski definition) is 4. The first-order valence-electron chi connectivity index (χ1n) is 6.83. The van der Waals surface area contributed by atoms with E-state index in [1.54, 1.807) is 29.0 Å². The van der Waals surface area contributed by atoms with E-state index in [9.17, 15) is 9.59 Å². The molecule has 4 rings (SSSR count). The summed E-state index contributed by atoms with van der Waals surface area (Å²) in [7, 11) is 0. The van der Waals surface area contributed by atoms with Gasteiger partial charge in [0.2, 0.25) is 0 Å². The maximum Gasteiger partial charge on any atom is 0.283 e. The van der Waals surface area contributed by atoms with E-state index in [1.807, 2.05) is 0 Å². The first-order chi connectivity index (χ1) is 11.2. The van der Waals surface area contributed by atoms with Crippen molar-refractivity contribution >= 4 is 23.4 Å². The predicted octanol–water partition coefficient (Wildman–Crippen LogP) is 1.65. The fourth-order valence-electron chi connectivity index (χ4n) is 2.62. The number of nitrogens with zero attached hydrogens (tertiary/aromatic N) is 4. The number of hydrogen-bond donors (Lipinski definition) is 1. The SMILES string of the molecule is O=C1NCc2c(C(=O)n3ccnc3)ncn2-c2cccc(Cl)c21. The van der Waals surface area contributed by atoms with Crippen LogP contribution in [-0.2, 0) is 6.54 Å². The van der Waals surface area contributed by atoms with E-state index in [1.165, 1.54) is 23.4 Å². The van der Waals surface area contributed by atoms with Crippen molar-refractivity contribution in [1.82, 2.24) is 24.4 Å². The van der Waals surface area contributed by atoms with Crippen LogP contribution >= 0.6 is 11.6 Å². The first-order valence-corrected chi connectivity index (χ1v) is 7.20. The average Bonchev–Trinajstić information content (AvgIpc) is 3.19. The molecule has 0 unspecified atom stereocenters. The lowest BCUT2D eigenvalue weighted by Crippen LogP contribution is -2.23. The summed E-state index contributed by atoms with van der Waals surface area (Å²) in [5.74, 6) is -0.591. The molecule has 1 amide bonds. The Bertz CT molecular complexity index is 930. The van der Waals surface area contributed by atoms with Gasteiger partial charge in [0.25, 0.3) is 11.8 Å². The second-order valence-corrected chi connectivity index (χ2v) is 5.41. The topological polar surface area (TPSA) is 81.8 Å². The summed E-state index contributed by atoms with van der Waals surface area (Å²) in [6.45, 7) is 0.180. The molecule has 0 fully saturated rings. The van der Waals surface area contributed by atoms with Crippen molar-refractivity contribution in [3.05, 3.63) is 65.2 Å². The number of imidazole rings is 2. The molecule has 0 saturated heterocycles. The summed E-state index contributed by atoms with van der Waals surface area (Å²) >= 11 is 6.15. The number of carbonyl (C=O) groups is 2. The van der Waals surface area contributed by atoms with Gasteiger partial charge in [-0.15, -0.1) is 0 Å². The van der Waals surface area contributed by atoms with Crippen LogP contribution in [0, 0.1) is 0 Å². The molecule has 1 aliphatic rings. The number of fused-ring (bicyclic) bond motifs is 3. The molecule has 114 valence electrons. The van der Waals surface area contributed by atoms with Crippen LogP contribution in [0.5, 0.6) is 0 Å². The van der Waals surface area contributed by atoms with Crippen LogP contribution in [0.2, 0.25) is 5.02 Å². The highest BCUT2D eigenvalue weighted by Crippen LogP contribution is 2.27. The normalized spacial score (nSPS) is 13.0. The Labute approximate surface area is 135 Å². The van der Waals surface area contributed by atoms with Gasteiger partial charge >= 0.3 is 0 Å². The zero-order chi connectivity index (χ0) is 16.0. The van der Waals surface area contributed by atoms with Crippen molar-refractivity contribution in [1.29, 1.82) is 0 Å². The molecule has 0 aliphatic carbocycles. The Balaban J connectivity index is 1.90. The maximum absolute atomic E-state index is 12.5. The second-order valence-electron chi connectivity index (χ2n) is 5.00. The summed E-state index contributed by atoms with van der Waals surface area (Å²) in [4.78, 5) is 32.9. The Morgan fingerprint density at radius 3 is 2.96 bits per heavy atom. The van der Waals surface area contributed by atoms with Crippen LogP contribution in [0.15, 0.2) is 43.2 Å². The Kier molecular flexibility index (Phi) is 3.02. The van der Waals surface area contributed by atoms with E-state index >= 15 is 0 Å². The third-order valence-corrected chi connectivity index (χ3v) is 4.02. The van der Waals surface area contributed by atoms with E-state index in [-0.39, 0.29) is 24.1 Å². The van der Waals surface area contributed by atoms with E-state index in [4.69, 9.17) is 11.6 Å². The van der Waals surface area contributed by atoms with Gasteiger partial charge in [0.05, 0.1) is 28.5 Å². The van der Waals surface area contributed by atoms with Gasteiger partial charge in [-0.05, 0) is 12.1 Å². The summed E-state index contributed by atoms with van der Waals surface area (Å²) in [5, 5.41) is 3.11. The molecule has 0 radical (unpaired) electrons. The minimum atomic E-state index is -0.309. The minimum absolute atomic E-state index is 0.180. The predicted molar refractivity (Wildman–Crippen MR) is 81.7 cm³/mol. The fourth-order valence-corrected chi connectivity index (χ4v) is 2.88. The number of rotatable bonds is 1. The van der Waals surface area contributed by atoms with E-state index in [0.29, 0.717) is 22.0 Å². The van der Waals surface area contributed by atoms with Gasteiger partial charge in [0.1, 0.15) is 12.7 Å². The molecule has 7 nitrogen and oxygen atoms in total. The molecule has 0 atom stereocenters. The van der Waals surface area contributed by atoms with Crippen molar-refractivity contribution in [3.63, 3.8) is 0 Å². The first kappa shape index (κ1) is 13.7. The smallest absolute Gasteiger partial charge is 0.283 e. The summed E-state index contributed by atoms with van der Waals surface area (Å²) in [5.41, 5.74) is 1.82. The van der Waals surface area contributed by atoms with Crippen molar-refractivity contribution in [3.8, 4) is 5.69 Å². The number of carbonyl (C=O) groups excluding carboxylic acids is 2. The van der Waals surface area contributed by atoms with Crippen LogP contribution in [-0.4, -0.2) is 30.9 Å². The number of nitrogens with one attached hydrogen (secondary N) is 1. The van der Waals surface area contributed by atoms with Crippen LogP contribution in [0.25, 0.3) is 5.69 Å². The van der Waals surface area contributed by atoms with Crippen LogP contribution < -0.4 is 5.32 Å². The zero-order valence-electron chi connectivity index (χ0n) is 11.7. The highest BCUT2D eigenvalue weighted by molar-refractivity contribution is 6.34. The lowest BCUT2D eigenvalue weighted by atomic mass is 10.1. The van der Waals surface area contributed by atoms with Crippen molar-refractivity contribution in [2.45, 2.75) is 6.54 Å². The molecule has 3 heterocycles. The summed E-state index contributed by atoms with van der Waals surface area (Å²) in [6, 6.07) is 5.17. The summed E-state index contributed by atoms with van der Waals surface area (Å²) in [6.07, 6.45) is 6.00. The zero-order valence-corrected chi connectivity index (χ0v) is 12.5. The molecule has 3 aromatic rings. The summed E-state index contributed by atoms with van der Waals surface area (Å²) < 4.78 is 3.05. The lowest BCUT2D eigenvalue weighted by Gasteiger charge is -2.08. The average molecular weight is 328 g/mol. The highest BCUT2D eigenvalue weighted by atomic mass is 35.5. The third-order valence-electron chi connectivity index (χ3n) is 3.70. The van der Waals surface area contributed by atoms with Gasteiger partial charge in [0.15, 0.2) is 5.69 Å². The quantitative estimate of drug-likeness (QED) is 0.737. The maximum atomic E-state index is 12.5. The van der Waals surface area contributed by atoms with Crippen LogP contribution in [0.3, 0.4) is 0 Å². The van der Waals surface area contributed by atoms with E-state index < -0.39 is 0 Å². The van der Waals surface area contributed by atoms with Crippen LogP contribution in [0.1, 0.15) is 26.5 Å². The van der Waals surface area contributed by atoms with Gasteiger partial charge < -0.3 is 5.32 Å². The molecule has 2 aromatic heterocycles. The van der Waals surface area contributed by atoms with Crippen molar-refractivity contribution in [2.75, 3.05) is 0 Å². The van der Waals surface area contributed by atoms with Gasteiger partial charge in [-0.1, -0.05) is 17.7 Å². The van der Waals surface area contributed by atoms with Crippen molar-refractivity contribution < 1.29 is 9.59 Å². The lowest BCUT2D eigenvalue weighted by molar-refractivity contribution is 0.0938. The van der Waals surface area contributed by atoms with Crippen molar-refractivity contribution in [2.24, 2.45) is 0 Å². The monoisotopic (exact) mass is 327 g/mol. The molecule has 1 aromatic carbocycles. The van der Waals surface area contributed by atoms with Gasteiger partial charge in [0, 0.05) is 12.4 Å². The molecular weight excluding hydrogens is 318 g/mol. The Morgan fingerprint density at radius 1 is 1.30 bits per heavy atom. The Hall–Kier alpha value is -2.93. The third kappa shape index (κ3) is 2.05. The molecular formula is C15H10ClN5O2. The second kappa shape index (κ2) is 5.06. The number of aromatic nitrogens is 4. The highest BCUT2D eigenvalue weighted by Gasteiger charge is 2.27. The molecule has 0 bridgehead atoms. The molecule has 0 spiro atoms. The van der Waals surface area contributed by atoms with Gasteiger partial charge in [-0.2, -0.15) is 0 Å². The molecule has 1 aliphatic heterocycles. The number of amides is 1. The molecule has 1 N–H and O–H groups in total. The van der Waals surface area contributed by atoms with Gasteiger partial charge in [-0.25, -0.2) is 9.97 Å². The van der Waals surface area contributed by atoms with Crippen LogP contribution in [0.4, 0.5) is 0 Å².